The molecule has 4 N–H and O–H groups in total. The molecule has 0 saturated carbocycles. The molecule has 4 aromatic heterocycles. The van der Waals surface area contributed by atoms with Gasteiger partial charge in [-0.3, -0.25) is 4.98 Å². The summed E-state index contributed by atoms with van der Waals surface area (Å²) in [6.45, 7) is 3.76. The van der Waals surface area contributed by atoms with Crippen LogP contribution in [0.2, 0.25) is 5.02 Å². The molecule has 11 heteroatoms. The molecular weight excluding hydrogens is 470 g/mol. The summed E-state index contributed by atoms with van der Waals surface area (Å²) in [5, 5.41) is 8.93. The van der Waals surface area contributed by atoms with Crippen LogP contribution in [0.15, 0.2) is 46.8 Å². The standard InChI is InChI=1S/C23H24ClN9S/c1-13-8-15-14(10-28-13)9-23(19(15)25)3-6-32(7-4-23)22-29-11-17(21-31-30-12-33(21)22)34-16-2-5-27-20(26)18(16)24/h2,5,8,10-12,19H,3-4,6-7,9,25H2,1H3,(H2,26,27)/t19-/m1/s1. The van der Waals surface area contributed by atoms with Gasteiger partial charge in [0, 0.05) is 48.3 Å². The molecule has 4 aromatic rings. The maximum Gasteiger partial charge on any atom is 0.212 e. The Balaban J connectivity index is 1.25. The Kier molecular flexibility index (Phi) is 5.12. The van der Waals surface area contributed by atoms with E-state index in [1.165, 1.54) is 22.9 Å². The number of hydrogen-bond acceptors (Lipinski definition) is 9. The zero-order valence-corrected chi connectivity index (χ0v) is 20.2. The van der Waals surface area contributed by atoms with Crippen molar-refractivity contribution in [2.75, 3.05) is 23.7 Å². The van der Waals surface area contributed by atoms with Crippen LogP contribution in [0, 0.1) is 12.3 Å². The molecule has 1 atom stereocenters. The largest absolute Gasteiger partial charge is 0.382 e. The Bertz CT molecular complexity index is 1400. The van der Waals surface area contributed by atoms with Gasteiger partial charge < -0.3 is 16.4 Å². The Morgan fingerprint density at radius 1 is 1.15 bits per heavy atom. The van der Waals surface area contributed by atoms with Crippen LogP contribution in [0.4, 0.5) is 11.8 Å². The molecule has 0 bridgehead atoms. The van der Waals surface area contributed by atoms with E-state index in [0.29, 0.717) is 10.8 Å². The summed E-state index contributed by atoms with van der Waals surface area (Å²) in [6.07, 6.45) is 10.2. The Labute approximate surface area is 206 Å². The second-order valence-corrected chi connectivity index (χ2v) is 10.5. The van der Waals surface area contributed by atoms with Gasteiger partial charge in [0.1, 0.15) is 12.1 Å². The number of aromatic nitrogens is 6. The summed E-state index contributed by atoms with van der Waals surface area (Å²) < 4.78 is 1.94. The topological polar surface area (TPSA) is 124 Å². The average molecular weight is 494 g/mol. The maximum absolute atomic E-state index is 6.79. The first-order valence-electron chi connectivity index (χ1n) is 11.2. The summed E-state index contributed by atoms with van der Waals surface area (Å²) in [7, 11) is 0. The summed E-state index contributed by atoms with van der Waals surface area (Å²) >= 11 is 7.79. The van der Waals surface area contributed by atoms with E-state index in [1.54, 1.807) is 12.5 Å². The second-order valence-electron chi connectivity index (χ2n) is 9.09. The van der Waals surface area contributed by atoms with Gasteiger partial charge >= 0.3 is 0 Å². The molecule has 1 fully saturated rings. The highest BCUT2D eigenvalue weighted by molar-refractivity contribution is 7.99. The smallest absolute Gasteiger partial charge is 0.212 e. The zero-order chi connectivity index (χ0) is 23.4. The van der Waals surface area contributed by atoms with Crippen LogP contribution in [0.5, 0.6) is 0 Å². The third-order valence-electron chi connectivity index (χ3n) is 7.12. The number of halogens is 1. The van der Waals surface area contributed by atoms with Crippen LogP contribution in [-0.2, 0) is 6.42 Å². The van der Waals surface area contributed by atoms with E-state index in [2.05, 4.69) is 31.1 Å². The number of anilines is 2. The predicted octanol–water partition coefficient (Wildman–Crippen LogP) is 3.45. The van der Waals surface area contributed by atoms with Gasteiger partial charge in [-0.15, -0.1) is 10.2 Å². The number of rotatable bonds is 3. The molecule has 9 nitrogen and oxygen atoms in total. The third-order valence-corrected chi connectivity index (χ3v) is 8.70. The van der Waals surface area contributed by atoms with Gasteiger partial charge in [0.05, 0.1) is 9.92 Å². The first kappa shape index (κ1) is 21.6. The number of nitrogens with zero attached hydrogens (tertiary/aromatic N) is 7. The minimum Gasteiger partial charge on any atom is -0.382 e. The lowest BCUT2D eigenvalue weighted by Crippen LogP contribution is -2.45. The Morgan fingerprint density at radius 3 is 2.79 bits per heavy atom. The van der Waals surface area contributed by atoms with E-state index in [1.807, 2.05) is 29.8 Å². The van der Waals surface area contributed by atoms with Crippen LogP contribution in [0.1, 0.15) is 35.7 Å². The normalized spacial score (nSPS) is 19.1. The lowest BCUT2D eigenvalue weighted by molar-refractivity contribution is 0.186. The van der Waals surface area contributed by atoms with Gasteiger partial charge in [0.15, 0.2) is 5.65 Å². The molecule has 1 aliphatic heterocycles. The fourth-order valence-electron chi connectivity index (χ4n) is 5.24. The van der Waals surface area contributed by atoms with Gasteiger partial charge in [-0.05, 0) is 54.9 Å². The SMILES string of the molecule is Cc1cc2c(cn1)CC1(CCN(c3ncc(Sc4ccnc(N)c4Cl)c4nncn34)CC1)[C@@H]2N. The van der Waals surface area contributed by atoms with E-state index in [-0.39, 0.29) is 11.5 Å². The van der Waals surface area contributed by atoms with E-state index in [0.717, 1.165) is 59.4 Å². The van der Waals surface area contributed by atoms with Crippen molar-refractivity contribution in [2.45, 2.75) is 42.0 Å². The molecule has 0 radical (unpaired) electrons. The number of piperidine rings is 1. The van der Waals surface area contributed by atoms with Crippen LogP contribution in [0.3, 0.4) is 0 Å². The second kappa shape index (κ2) is 8.07. The highest BCUT2D eigenvalue weighted by Gasteiger charge is 2.46. The molecule has 2 aliphatic rings. The number of fused-ring (bicyclic) bond motifs is 2. The Hall–Kier alpha value is -2.95. The zero-order valence-electron chi connectivity index (χ0n) is 18.6. The molecule has 0 amide bonds. The number of nitrogens with two attached hydrogens (primary N) is 2. The van der Waals surface area contributed by atoms with Gasteiger partial charge in [-0.1, -0.05) is 23.4 Å². The van der Waals surface area contributed by atoms with Crippen molar-refractivity contribution in [1.82, 2.24) is 29.5 Å². The van der Waals surface area contributed by atoms with Gasteiger partial charge in [-0.25, -0.2) is 14.4 Å². The van der Waals surface area contributed by atoms with Crippen molar-refractivity contribution < 1.29 is 0 Å². The molecule has 0 aromatic carbocycles. The number of nitrogen functional groups attached to an aromatic ring is 1. The lowest BCUT2D eigenvalue weighted by Gasteiger charge is -2.42. The number of pyridine rings is 2. The quantitative estimate of drug-likeness (QED) is 0.441. The molecule has 1 spiro atoms. The molecule has 1 saturated heterocycles. The fourth-order valence-corrected chi connectivity index (χ4v) is 6.36. The van der Waals surface area contributed by atoms with Crippen LogP contribution in [-0.4, -0.2) is 42.6 Å². The molecule has 174 valence electrons. The van der Waals surface area contributed by atoms with E-state index in [4.69, 9.17) is 28.1 Å². The van der Waals surface area contributed by atoms with Crippen molar-refractivity contribution in [2.24, 2.45) is 11.1 Å². The van der Waals surface area contributed by atoms with Crippen molar-refractivity contribution in [3.8, 4) is 0 Å². The van der Waals surface area contributed by atoms with Crippen molar-refractivity contribution in [3.63, 3.8) is 0 Å². The molecule has 6 rings (SSSR count). The number of aryl methyl sites for hydroxylation is 1. The van der Waals surface area contributed by atoms with Crippen molar-refractivity contribution in [3.05, 3.63) is 58.9 Å². The maximum atomic E-state index is 6.79. The summed E-state index contributed by atoms with van der Waals surface area (Å²) in [4.78, 5) is 17.3. The summed E-state index contributed by atoms with van der Waals surface area (Å²) in [5.41, 5.74) is 17.0. The molecule has 1 aliphatic carbocycles. The molecular formula is C23H24ClN9S. The van der Waals surface area contributed by atoms with E-state index >= 15 is 0 Å². The molecule has 5 heterocycles. The van der Waals surface area contributed by atoms with Crippen LogP contribution < -0.4 is 16.4 Å². The summed E-state index contributed by atoms with van der Waals surface area (Å²) in [6, 6.07) is 4.03. The summed E-state index contributed by atoms with van der Waals surface area (Å²) in [5.74, 6) is 1.13. The minimum absolute atomic E-state index is 0.0468. The monoisotopic (exact) mass is 493 g/mol. The Morgan fingerprint density at radius 2 is 1.97 bits per heavy atom. The van der Waals surface area contributed by atoms with Gasteiger partial charge in [-0.2, -0.15) is 0 Å². The first-order valence-corrected chi connectivity index (χ1v) is 12.4. The van der Waals surface area contributed by atoms with E-state index < -0.39 is 0 Å². The number of hydrogen-bond donors (Lipinski definition) is 2. The van der Waals surface area contributed by atoms with Crippen LogP contribution in [0.25, 0.3) is 5.65 Å². The van der Waals surface area contributed by atoms with Crippen molar-refractivity contribution >= 4 is 40.8 Å². The highest BCUT2D eigenvalue weighted by atomic mass is 35.5. The van der Waals surface area contributed by atoms with Crippen LogP contribution >= 0.6 is 23.4 Å². The average Bonchev–Trinajstić information content (AvgIpc) is 3.43. The first-order chi connectivity index (χ1) is 16.4. The molecule has 34 heavy (non-hydrogen) atoms. The van der Waals surface area contributed by atoms with Gasteiger partial charge in [0.2, 0.25) is 5.95 Å². The molecule has 0 unspecified atom stereocenters. The third kappa shape index (κ3) is 3.40. The lowest BCUT2D eigenvalue weighted by atomic mass is 9.73. The fraction of sp³-hybridized carbons (Fsp3) is 0.348. The van der Waals surface area contributed by atoms with Gasteiger partial charge in [0.25, 0.3) is 0 Å². The van der Waals surface area contributed by atoms with Crippen molar-refractivity contribution in [1.29, 1.82) is 0 Å². The minimum atomic E-state index is 0.0468. The predicted molar refractivity (Wildman–Crippen MR) is 132 cm³/mol. The van der Waals surface area contributed by atoms with E-state index in [9.17, 15) is 0 Å². The highest BCUT2D eigenvalue weighted by Crippen LogP contribution is 2.51.